The van der Waals surface area contributed by atoms with Gasteiger partial charge >= 0.3 is 5.97 Å². The number of aliphatic carboxylic acids is 1. The number of hydrogen-bond donors (Lipinski definition) is 2. The molecule has 0 aromatic heterocycles. The summed E-state index contributed by atoms with van der Waals surface area (Å²) in [7, 11) is 0. The summed E-state index contributed by atoms with van der Waals surface area (Å²) in [6.07, 6.45) is 3.14. The lowest BCUT2D eigenvalue weighted by atomic mass is 10.1. The van der Waals surface area contributed by atoms with E-state index in [4.69, 9.17) is 10.8 Å². The van der Waals surface area contributed by atoms with Gasteiger partial charge in [0.05, 0.1) is 5.41 Å². The number of carbonyl (C=O) groups is 1. The van der Waals surface area contributed by atoms with Gasteiger partial charge in [-0.05, 0) is 24.7 Å². The predicted molar refractivity (Wildman–Crippen MR) is 49.7 cm³/mol. The van der Waals surface area contributed by atoms with Crippen molar-refractivity contribution in [3.8, 4) is 0 Å². The van der Waals surface area contributed by atoms with Gasteiger partial charge in [-0.1, -0.05) is 0 Å². The van der Waals surface area contributed by atoms with Crippen LogP contribution >= 0.6 is 11.8 Å². The molecular weight excluding hydrogens is 174 g/mol. The number of hydrogen-bond acceptors (Lipinski definition) is 3. The summed E-state index contributed by atoms with van der Waals surface area (Å²) in [5.41, 5.74) is 4.83. The number of carboxylic acid groups (broad SMARTS) is 1. The fourth-order valence-electron chi connectivity index (χ4n) is 0.871. The molecule has 0 saturated heterocycles. The normalized spacial score (nSPS) is 20.6. The van der Waals surface area contributed by atoms with Crippen LogP contribution in [0.3, 0.4) is 0 Å². The molecule has 0 radical (unpaired) electrons. The zero-order valence-electron chi connectivity index (χ0n) is 7.04. The Kier molecular flexibility index (Phi) is 2.67. The van der Waals surface area contributed by atoms with Crippen molar-refractivity contribution in [3.63, 3.8) is 0 Å². The second kappa shape index (κ2) is 3.39. The minimum absolute atomic E-state index is 0.436. The van der Waals surface area contributed by atoms with E-state index in [9.17, 15) is 4.79 Å². The highest BCUT2D eigenvalue weighted by Crippen LogP contribution is 2.49. The van der Waals surface area contributed by atoms with Gasteiger partial charge in [-0.3, -0.25) is 4.79 Å². The van der Waals surface area contributed by atoms with E-state index >= 15 is 0 Å². The summed E-state index contributed by atoms with van der Waals surface area (Å²) in [6, 6.07) is 0. The maximum atomic E-state index is 10.7. The van der Waals surface area contributed by atoms with Crippen LogP contribution in [0.1, 0.15) is 19.8 Å². The van der Waals surface area contributed by atoms with Crippen LogP contribution in [0.5, 0.6) is 0 Å². The topological polar surface area (TPSA) is 63.3 Å². The average Bonchev–Trinajstić information content (AvgIpc) is 2.81. The lowest BCUT2D eigenvalue weighted by molar-refractivity contribution is -0.142. The molecule has 3 nitrogen and oxygen atoms in total. The Hall–Kier alpha value is -0.640. The summed E-state index contributed by atoms with van der Waals surface area (Å²) in [6.45, 7) is 1.89. The summed E-state index contributed by atoms with van der Waals surface area (Å²) < 4.78 is 0. The third-order valence-electron chi connectivity index (χ3n) is 2.12. The predicted octanol–water partition coefficient (Wildman–Crippen LogP) is 1.40. The Bertz CT molecular complexity index is 221. The van der Waals surface area contributed by atoms with Crippen molar-refractivity contribution in [2.24, 2.45) is 11.1 Å². The Morgan fingerprint density at radius 1 is 1.75 bits per heavy atom. The van der Waals surface area contributed by atoms with Crippen LogP contribution in [0.15, 0.2) is 11.1 Å². The molecule has 0 bridgehead atoms. The second-order valence-electron chi connectivity index (χ2n) is 3.15. The minimum Gasteiger partial charge on any atom is -0.481 e. The molecule has 1 rings (SSSR count). The van der Waals surface area contributed by atoms with Crippen molar-refractivity contribution < 1.29 is 9.90 Å². The van der Waals surface area contributed by atoms with Gasteiger partial charge < -0.3 is 10.8 Å². The molecule has 1 aliphatic carbocycles. The van der Waals surface area contributed by atoms with Crippen molar-refractivity contribution in [1.82, 2.24) is 0 Å². The molecule has 3 N–H and O–H groups in total. The molecule has 0 spiro atoms. The van der Waals surface area contributed by atoms with Crippen molar-refractivity contribution in [2.75, 3.05) is 5.75 Å². The maximum Gasteiger partial charge on any atom is 0.310 e. The van der Waals surface area contributed by atoms with E-state index in [0.29, 0.717) is 5.75 Å². The molecule has 0 aliphatic heterocycles. The lowest BCUT2D eigenvalue weighted by Crippen LogP contribution is -2.17. The molecule has 1 fully saturated rings. The van der Waals surface area contributed by atoms with Gasteiger partial charge in [-0.2, -0.15) is 0 Å². The van der Waals surface area contributed by atoms with Gasteiger partial charge in [-0.15, -0.1) is 11.8 Å². The first kappa shape index (κ1) is 9.45. The lowest BCUT2D eigenvalue weighted by Gasteiger charge is -2.07. The van der Waals surface area contributed by atoms with E-state index in [1.54, 1.807) is 0 Å². The molecule has 0 aromatic rings. The first-order chi connectivity index (χ1) is 5.60. The highest BCUT2D eigenvalue weighted by Gasteiger charge is 2.49. The Labute approximate surface area is 76.0 Å². The molecule has 0 amide bonds. The smallest absolute Gasteiger partial charge is 0.310 e. The molecule has 0 aromatic carbocycles. The van der Waals surface area contributed by atoms with E-state index in [2.05, 4.69) is 0 Å². The number of rotatable bonds is 4. The monoisotopic (exact) mass is 187 g/mol. The van der Waals surface area contributed by atoms with Crippen molar-refractivity contribution in [3.05, 3.63) is 11.1 Å². The van der Waals surface area contributed by atoms with E-state index in [-0.39, 0.29) is 0 Å². The summed E-state index contributed by atoms with van der Waals surface area (Å²) >= 11 is 1.53. The third-order valence-corrected chi connectivity index (χ3v) is 3.41. The van der Waals surface area contributed by atoms with E-state index < -0.39 is 11.4 Å². The van der Waals surface area contributed by atoms with Crippen LogP contribution in [0.2, 0.25) is 0 Å². The van der Waals surface area contributed by atoms with E-state index in [1.165, 1.54) is 18.0 Å². The molecule has 0 unspecified atom stereocenters. The Morgan fingerprint density at radius 2 is 2.33 bits per heavy atom. The average molecular weight is 187 g/mol. The van der Waals surface area contributed by atoms with E-state index in [0.717, 1.165) is 17.7 Å². The van der Waals surface area contributed by atoms with E-state index in [1.807, 2.05) is 6.92 Å². The van der Waals surface area contributed by atoms with Crippen LogP contribution in [-0.4, -0.2) is 16.8 Å². The van der Waals surface area contributed by atoms with Crippen LogP contribution in [0, 0.1) is 5.41 Å². The standard InChI is InChI=1S/C8H13NO2S/c1-6(4-9)12-5-8(2-3-8)7(10)11/h4H,2-3,5,9H2,1H3,(H,10,11)/b6-4-. The van der Waals surface area contributed by atoms with Crippen LogP contribution in [0.4, 0.5) is 0 Å². The summed E-state index contributed by atoms with van der Waals surface area (Å²) in [5.74, 6) is -0.0122. The van der Waals surface area contributed by atoms with Crippen molar-refractivity contribution >= 4 is 17.7 Å². The van der Waals surface area contributed by atoms with Gasteiger partial charge in [0.15, 0.2) is 0 Å². The van der Waals surface area contributed by atoms with Gasteiger partial charge in [0, 0.05) is 12.0 Å². The largest absolute Gasteiger partial charge is 0.481 e. The van der Waals surface area contributed by atoms with Crippen molar-refractivity contribution in [2.45, 2.75) is 19.8 Å². The molecule has 1 saturated carbocycles. The van der Waals surface area contributed by atoms with Gasteiger partial charge in [0.25, 0.3) is 0 Å². The highest BCUT2D eigenvalue weighted by atomic mass is 32.2. The first-order valence-electron chi connectivity index (χ1n) is 3.85. The summed E-state index contributed by atoms with van der Waals surface area (Å²) in [4.78, 5) is 11.7. The molecule has 4 heteroatoms. The number of allylic oxidation sites excluding steroid dienone is 1. The Balaban J connectivity index is 2.37. The van der Waals surface area contributed by atoms with Gasteiger partial charge in [0.2, 0.25) is 0 Å². The van der Waals surface area contributed by atoms with Gasteiger partial charge in [-0.25, -0.2) is 0 Å². The van der Waals surface area contributed by atoms with Crippen LogP contribution in [0.25, 0.3) is 0 Å². The highest BCUT2D eigenvalue weighted by molar-refractivity contribution is 8.03. The molecule has 12 heavy (non-hydrogen) atoms. The fourth-order valence-corrected chi connectivity index (χ4v) is 1.88. The minimum atomic E-state index is -0.667. The molecule has 68 valence electrons. The summed E-state index contributed by atoms with van der Waals surface area (Å²) in [5, 5.41) is 8.83. The SMILES string of the molecule is C/C(=C/N)SCC1(C(=O)O)CC1. The number of nitrogens with two attached hydrogens (primary N) is 1. The first-order valence-corrected chi connectivity index (χ1v) is 4.84. The molecule has 0 heterocycles. The van der Waals surface area contributed by atoms with Crippen molar-refractivity contribution in [1.29, 1.82) is 0 Å². The number of thioether (sulfide) groups is 1. The zero-order valence-corrected chi connectivity index (χ0v) is 7.86. The van der Waals surface area contributed by atoms with Crippen LogP contribution < -0.4 is 5.73 Å². The van der Waals surface area contributed by atoms with Crippen LogP contribution in [-0.2, 0) is 4.79 Å². The maximum absolute atomic E-state index is 10.7. The van der Waals surface area contributed by atoms with Gasteiger partial charge in [0.1, 0.15) is 0 Å². The molecular formula is C8H13NO2S. The quantitative estimate of drug-likeness (QED) is 0.698. The third kappa shape index (κ3) is 1.94. The Morgan fingerprint density at radius 3 is 2.67 bits per heavy atom. The molecule has 0 atom stereocenters. The number of carboxylic acids is 1. The fraction of sp³-hybridized carbons (Fsp3) is 0.625. The second-order valence-corrected chi connectivity index (χ2v) is 4.37. The zero-order chi connectivity index (χ0) is 9.19. The molecule has 1 aliphatic rings.